The molecule has 2 heterocycles. The number of aliphatic hydroxyl groups excluding tert-OH is 1. The number of hydrogen-bond acceptors (Lipinski definition) is 4. The van der Waals surface area contributed by atoms with Gasteiger partial charge in [-0.05, 0) is 51.8 Å². The van der Waals surface area contributed by atoms with E-state index in [-0.39, 0.29) is 5.92 Å². The van der Waals surface area contributed by atoms with Crippen LogP contribution >= 0.6 is 0 Å². The van der Waals surface area contributed by atoms with Crippen molar-refractivity contribution >= 4 is 5.69 Å². The number of aryl methyl sites for hydroxylation is 3. The molecule has 24 heavy (non-hydrogen) atoms. The second-order valence-electron chi connectivity index (χ2n) is 7.33. The summed E-state index contributed by atoms with van der Waals surface area (Å²) >= 11 is 0. The first kappa shape index (κ1) is 16.6. The number of terminal acetylenes is 1. The monoisotopic (exact) mass is 324 g/mol. The van der Waals surface area contributed by atoms with Gasteiger partial charge in [0, 0.05) is 28.3 Å². The number of nitrogens with one attached hydrogen (secondary N) is 1. The molecule has 0 saturated carbocycles. The van der Waals surface area contributed by atoms with Crippen molar-refractivity contribution in [3.05, 3.63) is 34.2 Å². The number of benzene rings is 1. The minimum absolute atomic E-state index is 0.0681. The van der Waals surface area contributed by atoms with E-state index < -0.39 is 11.6 Å². The van der Waals surface area contributed by atoms with Gasteiger partial charge < -0.3 is 14.9 Å². The normalized spacial score (nSPS) is 21.8. The van der Waals surface area contributed by atoms with Crippen LogP contribution in [0.3, 0.4) is 0 Å². The predicted molar refractivity (Wildman–Crippen MR) is 96.2 cm³/mol. The molecule has 126 valence electrons. The summed E-state index contributed by atoms with van der Waals surface area (Å²) < 4.78 is 5.33. The molecule has 2 N–H and O–H groups in total. The Labute approximate surface area is 143 Å². The molecule has 0 spiro atoms. The molecule has 2 aromatic rings. The molecule has 0 aliphatic carbocycles. The molecular formula is C20H24N2O2. The summed E-state index contributed by atoms with van der Waals surface area (Å²) in [5.41, 5.74) is 6.24. The number of anilines is 1. The van der Waals surface area contributed by atoms with Gasteiger partial charge in [0.2, 0.25) is 0 Å². The third-order valence-electron chi connectivity index (χ3n) is 5.13. The van der Waals surface area contributed by atoms with Gasteiger partial charge in [-0.3, -0.25) is 0 Å². The molecule has 1 aliphatic rings. The molecule has 0 saturated heterocycles. The van der Waals surface area contributed by atoms with E-state index in [0.717, 1.165) is 45.0 Å². The Morgan fingerprint density at radius 1 is 1.33 bits per heavy atom. The lowest BCUT2D eigenvalue weighted by Gasteiger charge is -2.43. The van der Waals surface area contributed by atoms with E-state index in [2.05, 4.69) is 29.4 Å². The van der Waals surface area contributed by atoms with Crippen LogP contribution in [0.15, 0.2) is 10.6 Å². The van der Waals surface area contributed by atoms with Crippen molar-refractivity contribution in [3.8, 4) is 23.5 Å². The average molecular weight is 324 g/mol. The van der Waals surface area contributed by atoms with E-state index in [1.165, 1.54) is 0 Å². The fraction of sp³-hybridized carbons (Fsp3) is 0.450. The first-order valence-electron chi connectivity index (χ1n) is 8.22. The molecule has 0 bridgehead atoms. The van der Waals surface area contributed by atoms with Crippen molar-refractivity contribution < 1.29 is 9.63 Å². The molecule has 2 unspecified atom stereocenters. The number of aromatic nitrogens is 1. The van der Waals surface area contributed by atoms with E-state index in [0.29, 0.717) is 0 Å². The van der Waals surface area contributed by atoms with Crippen molar-refractivity contribution in [1.29, 1.82) is 0 Å². The van der Waals surface area contributed by atoms with Gasteiger partial charge in [0.1, 0.15) is 5.76 Å². The summed E-state index contributed by atoms with van der Waals surface area (Å²) in [6, 6.07) is 2.09. The molecule has 1 aromatic heterocycles. The highest BCUT2D eigenvalue weighted by Crippen LogP contribution is 2.46. The highest BCUT2D eigenvalue weighted by atomic mass is 16.5. The second kappa shape index (κ2) is 5.39. The number of nitrogens with zero attached hydrogens (tertiary/aromatic N) is 1. The fourth-order valence-corrected chi connectivity index (χ4v) is 3.86. The van der Waals surface area contributed by atoms with Crippen LogP contribution in [0.1, 0.15) is 54.8 Å². The Balaban J connectivity index is 2.35. The van der Waals surface area contributed by atoms with Crippen molar-refractivity contribution in [2.45, 2.75) is 59.1 Å². The highest BCUT2D eigenvalue weighted by Gasteiger charge is 2.41. The molecule has 0 fully saturated rings. The van der Waals surface area contributed by atoms with Gasteiger partial charge >= 0.3 is 0 Å². The van der Waals surface area contributed by atoms with E-state index in [1.54, 1.807) is 0 Å². The summed E-state index contributed by atoms with van der Waals surface area (Å²) in [5, 5.41) is 18.3. The van der Waals surface area contributed by atoms with E-state index in [4.69, 9.17) is 10.9 Å². The maximum absolute atomic E-state index is 10.7. The number of rotatable bonds is 1. The standard InChI is InChI=1S/C20H24N2O2/c1-8-14-15(17-12(4)22-24-13(17)5)9-10(2)18-16(14)11(3)19(23)20(6,7)21-18/h1,9,11,19,21,23H,2-7H3. The number of aliphatic hydroxyl groups is 1. The maximum atomic E-state index is 10.7. The quantitative estimate of drug-likeness (QED) is 0.781. The lowest BCUT2D eigenvalue weighted by Crippen LogP contribution is -2.50. The lowest BCUT2D eigenvalue weighted by atomic mass is 9.75. The van der Waals surface area contributed by atoms with Crippen LogP contribution in [0.5, 0.6) is 0 Å². The fourth-order valence-electron chi connectivity index (χ4n) is 3.86. The van der Waals surface area contributed by atoms with Crippen LogP contribution in [-0.4, -0.2) is 21.9 Å². The minimum Gasteiger partial charge on any atom is -0.390 e. The average Bonchev–Trinajstić information content (AvgIpc) is 2.84. The smallest absolute Gasteiger partial charge is 0.141 e. The Hall–Kier alpha value is -2.25. The molecule has 2 atom stereocenters. The first-order chi connectivity index (χ1) is 11.2. The predicted octanol–water partition coefficient (Wildman–Crippen LogP) is 3.92. The van der Waals surface area contributed by atoms with Crippen molar-refractivity contribution in [2.24, 2.45) is 0 Å². The van der Waals surface area contributed by atoms with Gasteiger partial charge in [0.15, 0.2) is 0 Å². The Morgan fingerprint density at radius 2 is 2.00 bits per heavy atom. The van der Waals surface area contributed by atoms with Crippen molar-refractivity contribution in [3.63, 3.8) is 0 Å². The van der Waals surface area contributed by atoms with Crippen LogP contribution < -0.4 is 5.32 Å². The maximum Gasteiger partial charge on any atom is 0.141 e. The summed E-state index contributed by atoms with van der Waals surface area (Å²) in [4.78, 5) is 0. The Morgan fingerprint density at radius 3 is 2.54 bits per heavy atom. The molecule has 4 nitrogen and oxygen atoms in total. The van der Waals surface area contributed by atoms with Gasteiger partial charge in [-0.2, -0.15) is 0 Å². The summed E-state index contributed by atoms with van der Waals surface area (Å²) in [7, 11) is 0. The Kier molecular flexibility index (Phi) is 3.73. The van der Waals surface area contributed by atoms with Gasteiger partial charge in [-0.25, -0.2) is 0 Å². The highest BCUT2D eigenvalue weighted by molar-refractivity contribution is 5.82. The topological polar surface area (TPSA) is 58.3 Å². The summed E-state index contributed by atoms with van der Waals surface area (Å²) in [6.45, 7) is 11.9. The zero-order valence-electron chi connectivity index (χ0n) is 15.1. The van der Waals surface area contributed by atoms with Crippen LogP contribution in [0.25, 0.3) is 11.1 Å². The molecule has 4 heteroatoms. The molecule has 0 radical (unpaired) electrons. The van der Waals surface area contributed by atoms with Gasteiger partial charge in [0.25, 0.3) is 0 Å². The van der Waals surface area contributed by atoms with Crippen LogP contribution in [0.4, 0.5) is 5.69 Å². The van der Waals surface area contributed by atoms with Gasteiger partial charge in [-0.1, -0.05) is 18.0 Å². The molecule has 0 amide bonds. The van der Waals surface area contributed by atoms with Crippen LogP contribution in [-0.2, 0) is 0 Å². The van der Waals surface area contributed by atoms with E-state index in [9.17, 15) is 5.11 Å². The van der Waals surface area contributed by atoms with E-state index in [1.807, 2.05) is 34.6 Å². The number of fused-ring (bicyclic) bond motifs is 1. The first-order valence-corrected chi connectivity index (χ1v) is 8.22. The van der Waals surface area contributed by atoms with Crippen LogP contribution in [0, 0.1) is 33.1 Å². The SMILES string of the molecule is C#Cc1c(-c2c(C)noc2C)cc(C)c2c1C(C)C(O)C(C)(C)N2. The second-order valence-corrected chi connectivity index (χ2v) is 7.33. The molecule has 1 aromatic carbocycles. The largest absolute Gasteiger partial charge is 0.390 e. The third kappa shape index (κ3) is 2.23. The van der Waals surface area contributed by atoms with Crippen LogP contribution in [0.2, 0.25) is 0 Å². The zero-order valence-corrected chi connectivity index (χ0v) is 15.1. The van der Waals surface area contributed by atoms with Crippen molar-refractivity contribution in [2.75, 3.05) is 5.32 Å². The summed E-state index contributed by atoms with van der Waals surface area (Å²) in [6.07, 6.45) is 5.36. The van der Waals surface area contributed by atoms with Gasteiger partial charge in [0.05, 0.1) is 17.3 Å². The summed E-state index contributed by atoms with van der Waals surface area (Å²) in [5.74, 6) is 3.53. The third-order valence-corrected chi connectivity index (χ3v) is 5.13. The number of hydrogen-bond donors (Lipinski definition) is 2. The van der Waals surface area contributed by atoms with E-state index >= 15 is 0 Å². The zero-order chi connectivity index (χ0) is 17.8. The molecule has 1 aliphatic heterocycles. The molecular weight excluding hydrogens is 300 g/mol. The van der Waals surface area contributed by atoms with Gasteiger partial charge in [-0.15, -0.1) is 6.42 Å². The lowest BCUT2D eigenvalue weighted by molar-refractivity contribution is 0.0868. The minimum atomic E-state index is -0.531. The Bertz CT molecular complexity index is 836. The molecule has 3 rings (SSSR count). The van der Waals surface area contributed by atoms with Crippen molar-refractivity contribution in [1.82, 2.24) is 5.16 Å².